The van der Waals surface area contributed by atoms with Crippen molar-refractivity contribution in [2.75, 3.05) is 13.1 Å². The molecular weight excluding hydrogens is 384 g/mol. The minimum absolute atomic E-state index is 0.00442. The van der Waals surface area contributed by atoms with Crippen LogP contribution >= 0.6 is 0 Å². The van der Waals surface area contributed by atoms with Crippen molar-refractivity contribution in [1.82, 2.24) is 14.6 Å². The van der Waals surface area contributed by atoms with Crippen molar-refractivity contribution in [3.63, 3.8) is 0 Å². The molecule has 2 rings (SSSR count). The van der Waals surface area contributed by atoms with Crippen molar-refractivity contribution in [3.05, 3.63) is 24.4 Å². The van der Waals surface area contributed by atoms with Gasteiger partial charge in [-0.05, 0) is 37.4 Å². The number of pyridine rings is 1. The van der Waals surface area contributed by atoms with Crippen LogP contribution < -0.4 is 11.1 Å². The molecule has 154 valence electrons. The summed E-state index contributed by atoms with van der Waals surface area (Å²) >= 11 is 0. The van der Waals surface area contributed by atoms with E-state index >= 15 is 0 Å². The Bertz CT molecular complexity index is 828. The Balaban J connectivity index is 2.41. The van der Waals surface area contributed by atoms with Gasteiger partial charge in [0.05, 0.1) is 6.54 Å². The maximum atomic E-state index is 13.2. The number of carbonyl (C=O) groups is 3. The predicted octanol–water partition coefficient (Wildman–Crippen LogP) is 0.0676. The van der Waals surface area contributed by atoms with Gasteiger partial charge in [-0.2, -0.15) is 8.42 Å². The zero-order chi connectivity index (χ0) is 20.9. The Morgan fingerprint density at radius 3 is 2.71 bits per heavy atom. The summed E-state index contributed by atoms with van der Waals surface area (Å²) in [5.41, 5.74) is 5.22. The molecule has 0 saturated carbocycles. The second kappa shape index (κ2) is 9.24. The summed E-state index contributed by atoms with van der Waals surface area (Å²) in [6, 6.07) is 3.22. The first-order valence-electron chi connectivity index (χ1n) is 9.15. The minimum Gasteiger partial charge on any atom is -0.369 e. The molecule has 0 aliphatic carbocycles. The van der Waals surface area contributed by atoms with Crippen LogP contribution in [-0.2, 0) is 24.4 Å². The van der Waals surface area contributed by atoms with E-state index in [9.17, 15) is 22.8 Å². The van der Waals surface area contributed by atoms with Gasteiger partial charge in [0, 0.05) is 18.5 Å². The van der Waals surface area contributed by atoms with E-state index in [0.717, 1.165) is 0 Å². The molecule has 1 aromatic heterocycles. The first-order valence-corrected chi connectivity index (χ1v) is 10.6. The SMILES string of the molecule is C[C@H]1CNCC(=O)[C@H](N(C(=O)CC[C@H](C)C(N)=O)S(=O)(=O)c2ccccn2)C1. The number of sulfonamides is 1. The normalized spacial score (nSPS) is 21.6. The van der Waals surface area contributed by atoms with Crippen LogP contribution in [0.1, 0.15) is 33.1 Å². The number of ketones is 1. The molecule has 1 aliphatic heterocycles. The number of aromatic nitrogens is 1. The molecule has 1 fully saturated rings. The largest absolute Gasteiger partial charge is 0.369 e. The molecule has 1 aliphatic rings. The van der Waals surface area contributed by atoms with Crippen LogP contribution in [0.5, 0.6) is 0 Å². The fourth-order valence-electron chi connectivity index (χ4n) is 3.05. The number of primary amides is 1. The lowest BCUT2D eigenvalue weighted by molar-refractivity contribution is -0.134. The fourth-order valence-corrected chi connectivity index (χ4v) is 4.59. The lowest BCUT2D eigenvalue weighted by atomic mass is 10.00. The molecule has 0 radical (unpaired) electrons. The molecule has 0 unspecified atom stereocenters. The fraction of sp³-hybridized carbons (Fsp3) is 0.556. The third-order valence-electron chi connectivity index (χ3n) is 4.76. The lowest BCUT2D eigenvalue weighted by Crippen LogP contribution is -2.50. The molecule has 3 atom stereocenters. The topological polar surface area (TPSA) is 140 Å². The molecule has 0 spiro atoms. The van der Waals surface area contributed by atoms with Gasteiger partial charge in [0.25, 0.3) is 10.0 Å². The summed E-state index contributed by atoms with van der Waals surface area (Å²) in [5, 5.41) is 2.67. The summed E-state index contributed by atoms with van der Waals surface area (Å²) in [6.07, 6.45) is 1.40. The van der Waals surface area contributed by atoms with E-state index in [1.807, 2.05) is 6.92 Å². The van der Waals surface area contributed by atoms with Gasteiger partial charge in [-0.1, -0.05) is 19.9 Å². The second-order valence-corrected chi connectivity index (χ2v) is 8.92. The van der Waals surface area contributed by atoms with E-state index in [1.165, 1.54) is 18.3 Å². The van der Waals surface area contributed by atoms with E-state index in [0.29, 0.717) is 10.8 Å². The van der Waals surface area contributed by atoms with Crippen molar-refractivity contribution in [1.29, 1.82) is 0 Å². The number of nitrogens with one attached hydrogen (secondary N) is 1. The summed E-state index contributed by atoms with van der Waals surface area (Å²) in [6.45, 7) is 3.97. The van der Waals surface area contributed by atoms with Crippen LogP contribution in [-0.4, -0.2) is 54.4 Å². The highest BCUT2D eigenvalue weighted by Crippen LogP contribution is 2.24. The molecule has 2 heterocycles. The van der Waals surface area contributed by atoms with E-state index in [1.54, 1.807) is 13.0 Å². The Labute approximate surface area is 164 Å². The van der Waals surface area contributed by atoms with Gasteiger partial charge in [-0.15, -0.1) is 0 Å². The average Bonchev–Trinajstić information content (AvgIpc) is 2.81. The molecule has 0 aromatic carbocycles. The lowest BCUT2D eigenvalue weighted by Gasteiger charge is -2.30. The van der Waals surface area contributed by atoms with Gasteiger partial charge < -0.3 is 11.1 Å². The summed E-state index contributed by atoms with van der Waals surface area (Å²) in [7, 11) is -4.33. The number of amides is 2. The zero-order valence-corrected chi connectivity index (χ0v) is 16.8. The zero-order valence-electron chi connectivity index (χ0n) is 16.0. The number of carbonyl (C=O) groups excluding carboxylic acids is 3. The van der Waals surface area contributed by atoms with Gasteiger partial charge in [0.1, 0.15) is 6.04 Å². The van der Waals surface area contributed by atoms with Crippen LogP contribution in [0, 0.1) is 11.8 Å². The molecule has 9 nitrogen and oxygen atoms in total. The van der Waals surface area contributed by atoms with Crippen molar-refractivity contribution in [2.24, 2.45) is 17.6 Å². The van der Waals surface area contributed by atoms with Gasteiger partial charge in [-0.3, -0.25) is 14.4 Å². The number of Topliss-reactive ketones (excluding diaryl/α,β-unsaturated/α-hetero) is 1. The summed E-state index contributed by atoms with van der Waals surface area (Å²) in [4.78, 5) is 40.7. The van der Waals surface area contributed by atoms with E-state index < -0.39 is 33.8 Å². The van der Waals surface area contributed by atoms with Crippen LogP contribution in [0.3, 0.4) is 0 Å². The maximum absolute atomic E-state index is 13.2. The Hall–Kier alpha value is -2.33. The van der Waals surface area contributed by atoms with Crippen molar-refractivity contribution in [3.8, 4) is 0 Å². The smallest absolute Gasteiger partial charge is 0.284 e. The highest BCUT2D eigenvalue weighted by Gasteiger charge is 2.41. The average molecular weight is 410 g/mol. The van der Waals surface area contributed by atoms with Crippen molar-refractivity contribution >= 4 is 27.6 Å². The minimum atomic E-state index is -4.33. The van der Waals surface area contributed by atoms with Gasteiger partial charge in [0.2, 0.25) is 11.8 Å². The molecule has 1 saturated heterocycles. The van der Waals surface area contributed by atoms with Gasteiger partial charge in [-0.25, -0.2) is 9.29 Å². The van der Waals surface area contributed by atoms with Crippen LogP contribution in [0.2, 0.25) is 0 Å². The molecule has 2 amide bonds. The number of hydrogen-bond acceptors (Lipinski definition) is 7. The quantitative estimate of drug-likeness (QED) is 0.648. The van der Waals surface area contributed by atoms with E-state index in [-0.39, 0.29) is 42.5 Å². The molecule has 1 aromatic rings. The molecule has 3 N–H and O–H groups in total. The molecule has 10 heteroatoms. The van der Waals surface area contributed by atoms with E-state index in [2.05, 4.69) is 10.3 Å². The maximum Gasteiger partial charge on any atom is 0.284 e. The summed E-state index contributed by atoms with van der Waals surface area (Å²) < 4.78 is 27.1. The van der Waals surface area contributed by atoms with E-state index in [4.69, 9.17) is 5.73 Å². The first-order chi connectivity index (χ1) is 13.1. The number of rotatable bonds is 7. The van der Waals surface area contributed by atoms with Crippen LogP contribution in [0.25, 0.3) is 0 Å². The highest BCUT2D eigenvalue weighted by molar-refractivity contribution is 7.89. The van der Waals surface area contributed by atoms with Gasteiger partial charge >= 0.3 is 0 Å². The standard InChI is InChI=1S/C18H26N4O5S/c1-12-9-14(15(23)11-20-10-12)22(17(24)7-6-13(2)18(19)25)28(26,27)16-5-3-4-8-21-16/h3-5,8,12-14,20H,6-7,9-11H2,1-2H3,(H2,19,25)/t12-,13+,14-/m1/s1. The number of nitrogens with two attached hydrogens (primary N) is 1. The number of hydrogen-bond donors (Lipinski definition) is 2. The summed E-state index contributed by atoms with van der Waals surface area (Å²) in [5.74, 6) is -2.29. The van der Waals surface area contributed by atoms with Gasteiger partial charge in [0.15, 0.2) is 10.8 Å². The third-order valence-corrected chi connectivity index (χ3v) is 6.50. The Morgan fingerprint density at radius 1 is 1.39 bits per heavy atom. The second-order valence-electron chi connectivity index (χ2n) is 7.16. The molecule has 0 bridgehead atoms. The Morgan fingerprint density at radius 2 is 2.11 bits per heavy atom. The van der Waals surface area contributed by atoms with Crippen molar-refractivity contribution < 1.29 is 22.8 Å². The molecular formula is C18H26N4O5S. The number of nitrogens with zero attached hydrogens (tertiary/aromatic N) is 2. The highest BCUT2D eigenvalue weighted by atomic mass is 32.2. The predicted molar refractivity (Wildman–Crippen MR) is 101 cm³/mol. The third kappa shape index (κ3) is 5.14. The van der Waals surface area contributed by atoms with Crippen LogP contribution in [0.4, 0.5) is 0 Å². The van der Waals surface area contributed by atoms with Crippen molar-refractivity contribution in [2.45, 2.75) is 44.2 Å². The molecule has 28 heavy (non-hydrogen) atoms. The van der Waals surface area contributed by atoms with Crippen LogP contribution in [0.15, 0.2) is 29.4 Å². The monoisotopic (exact) mass is 410 g/mol. The Kier molecular flexibility index (Phi) is 7.25. The first kappa shape index (κ1) is 22.0.